The van der Waals surface area contributed by atoms with E-state index in [1.807, 2.05) is 0 Å². The molecule has 3 atom stereocenters. The third-order valence-electron chi connectivity index (χ3n) is 3.79. The maximum absolute atomic E-state index is 4.54. The Morgan fingerprint density at radius 1 is 1.25 bits per heavy atom. The van der Waals surface area contributed by atoms with Crippen LogP contribution < -0.4 is 5.32 Å². The number of hydrogen-bond acceptors (Lipinski definition) is 2. The zero-order chi connectivity index (χ0) is 7.97. The van der Waals surface area contributed by atoms with Gasteiger partial charge in [-0.05, 0) is 31.1 Å². The molecule has 0 aromatic heterocycles. The van der Waals surface area contributed by atoms with Crippen molar-refractivity contribution in [1.29, 1.82) is 0 Å². The van der Waals surface area contributed by atoms with Crippen LogP contribution in [0, 0.1) is 17.8 Å². The highest BCUT2D eigenvalue weighted by molar-refractivity contribution is 5.86. The summed E-state index contributed by atoms with van der Waals surface area (Å²) >= 11 is 0. The number of amidine groups is 1. The van der Waals surface area contributed by atoms with E-state index in [4.69, 9.17) is 0 Å². The Morgan fingerprint density at radius 2 is 2.25 bits per heavy atom. The van der Waals surface area contributed by atoms with Crippen molar-refractivity contribution in [3.63, 3.8) is 0 Å². The normalized spacial score (nSPS) is 44.7. The average molecular weight is 164 g/mol. The van der Waals surface area contributed by atoms with Crippen LogP contribution in [0.4, 0.5) is 0 Å². The zero-order valence-corrected chi connectivity index (χ0v) is 7.42. The first kappa shape index (κ1) is 6.93. The van der Waals surface area contributed by atoms with Gasteiger partial charge in [-0.1, -0.05) is 6.42 Å². The van der Waals surface area contributed by atoms with E-state index < -0.39 is 0 Å². The highest BCUT2D eigenvalue weighted by Gasteiger charge is 2.42. The molecule has 3 rings (SSSR count). The third-order valence-corrected chi connectivity index (χ3v) is 3.79. The predicted molar refractivity (Wildman–Crippen MR) is 49.2 cm³/mol. The SMILES string of the molecule is C1CNC(C2CC3CCC2C3)=N1. The van der Waals surface area contributed by atoms with Gasteiger partial charge in [-0.25, -0.2) is 0 Å². The van der Waals surface area contributed by atoms with Gasteiger partial charge in [0.05, 0.1) is 12.4 Å². The fraction of sp³-hybridized carbons (Fsp3) is 0.900. The van der Waals surface area contributed by atoms with Gasteiger partial charge in [0.25, 0.3) is 0 Å². The van der Waals surface area contributed by atoms with Gasteiger partial charge in [0.15, 0.2) is 0 Å². The Kier molecular flexibility index (Phi) is 1.43. The molecular formula is C10H16N2. The summed E-state index contributed by atoms with van der Waals surface area (Å²) < 4.78 is 0. The lowest BCUT2D eigenvalue weighted by Gasteiger charge is -2.21. The molecule has 2 heteroatoms. The second-order valence-electron chi connectivity index (χ2n) is 4.48. The smallest absolute Gasteiger partial charge is 0.0998 e. The summed E-state index contributed by atoms with van der Waals surface area (Å²) in [4.78, 5) is 4.54. The largest absolute Gasteiger partial charge is 0.372 e. The van der Waals surface area contributed by atoms with Crippen molar-refractivity contribution in [1.82, 2.24) is 5.32 Å². The maximum Gasteiger partial charge on any atom is 0.0998 e. The summed E-state index contributed by atoms with van der Waals surface area (Å²) in [7, 11) is 0. The average Bonchev–Trinajstić information content (AvgIpc) is 2.81. The molecule has 0 aromatic carbocycles. The highest BCUT2D eigenvalue weighted by atomic mass is 15.1. The zero-order valence-electron chi connectivity index (χ0n) is 7.42. The van der Waals surface area contributed by atoms with Gasteiger partial charge in [0.2, 0.25) is 0 Å². The van der Waals surface area contributed by atoms with E-state index in [9.17, 15) is 0 Å². The Bertz CT molecular complexity index is 222. The van der Waals surface area contributed by atoms with Gasteiger partial charge in [-0.3, -0.25) is 4.99 Å². The molecule has 2 saturated carbocycles. The minimum Gasteiger partial charge on any atom is -0.372 e. The molecule has 1 heterocycles. The number of hydrogen-bond donors (Lipinski definition) is 1. The third kappa shape index (κ3) is 0.900. The Hall–Kier alpha value is -0.530. The fourth-order valence-electron chi connectivity index (χ4n) is 3.24. The molecule has 1 aliphatic heterocycles. The minimum absolute atomic E-state index is 0.825. The monoisotopic (exact) mass is 164 g/mol. The molecule has 0 aromatic rings. The highest BCUT2D eigenvalue weighted by Crippen LogP contribution is 2.48. The van der Waals surface area contributed by atoms with Crippen molar-refractivity contribution in [2.24, 2.45) is 22.7 Å². The molecule has 0 radical (unpaired) electrons. The van der Waals surface area contributed by atoms with E-state index in [2.05, 4.69) is 10.3 Å². The summed E-state index contributed by atoms with van der Waals surface area (Å²) in [6.07, 6.45) is 5.88. The van der Waals surface area contributed by atoms with Crippen LogP contribution in [0.2, 0.25) is 0 Å². The molecular weight excluding hydrogens is 148 g/mol. The molecule has 0 saturated heterocycles. The first-order valence-electron chi connectivity index (χ1n) is 5.21. The first-order valence-corrected chi connectivity index (χ1v) is 5.21. The molecule has 3 unspecified atom stereocenters. The first-order chi connectivity index (χ1) is 5.93. The molecule has 0 amide bonds. The van der Waals surface area contributed by atoms with Crippen LogP contribution in [0.5, 0.6) is 0 Å². The number of rotatable bonds is 1. The summed E-state index contributed by atoms with van der Waals surface area (Å²) in [6, 6.07) is 0. The number of nitrogens with zero attached hydrogens (tertiary/aromatic N) is 1. The van der Waals surface area contributed by atoms with E-state index in [0.29, 0.717) is 0 Å². The van der Waals surface area contributed by atoms with Gasteiger partial charge < -0.3 is 5.32 Å². The lowest BCUT2D eigenvalue weighted by Crippen LogP contribution is -2.30. The standard InChI is InChI=1S/C10H16N2/c1-2-8-5-7(1)6-9(8)10-11-3-4-12-10/h7-9H,1-6H2,(H,11,12). The van der Waals surface area contributed by atoms with Crippen molar-refractivity contribution < 1.29 is 0 Å². The second-order valence-corrected chi connectivity index (χ2v) is 4.48. The van der Waals surface area contributed by atoms with E-state index in [1.54, 1.807) is 0 Å². The van der Waals surface area contributed by atoms with Crippen molar-refractivity contribution in [2.45, 2.75) is 25.7 Å². The van der Waals surface area contributed by atoms with Crippen molar-refractivity contribution >= 4 is 5.84 Å². The van der Waals surface area contributed by atoms with Crippen molar-refractivity contribution in [2.75, 3.05) is 13.1 Å². The van der Waals surface area contributed by atoms with Crippen LogP contribution in [0.25, 0.3) is 0 Å². The summed E-state index contributed by atoms with van der Waals surface area (Å²) in [5.74, 6) is 4.21. The predicted octanol–water partition coefficient (Wildman–Crippen LogP) is 1.42. The van der Waals surface area contributed by atoms with Gasteiger partial charge in [-0.2, -0.15) is 0 Å². The van der Waals surface area contributed by atoms with Crippen LogP contribution in [0.15, 0.2) is 4.99 Å². The molecule has 12 heavy (non-hydrogen) atoms. The Morgan fingerprint density at radius 3 is 2.83 bits per heavy atom. The van der Waals surface area contributed by atoms with Crippen LogP contribution >= 0.6 is 0 Å². The van der Waals surface area contributed by atoms with Crippen molar-refractivity contribution in [3.05, 3.63) is 0 Å². The van der Waals surface area contributed by atoms with E-state index in [1.165, 1.54) is 31.5 Å². The van der Waals surface area contributed by atoms with Crippen LogP contribution in [-0.2, 0) is 0 Å². The molecule has 2 fully saturated rings. The van der Waals surface area contributed by atoms with Gasteiger partial charge in [0, 0.05) is 12.5 Å². The van der Waals surface area contributed by atoms with E-state index >= 15 is 0 Å². The Balaban J connectivity index is 1.77. The molecule has 2 aliphatic carbocycles. The molecule has 66 valence electrons. The van der Waals surface area contributed by atoms with Crippen LogP contribution in [0.3, 0.4) is 0 Å². The van der Waals surface area contributed by atoms with Gasteiger partial charge in [-0.15, -0.1) is 0 Å². The number of fused-ring (bicyclic) bond motifs is 2. The molecule has 0 spiro atoms. The fourth-order valence-corrected chi connectivity index (χ4v) is 3.24. The van der Waals surface area contributed by atoms with E-state index in [0.717, 1.165) is 30.8 Å². The lowest BCUT2D eigenvalue weighted by atomic mass is 9.88. The quantitative estimate of drug-likeness (QED) is 0.623. The maximum atomic E-state index is 4.54. The molecule has 1 N–H and O–H groups in total. The van der Waals surface area contributed by atoms with E-state index in [-0.39, 0.29) is 0 Å². The minimum atomic E-state index is 0.825. The van der Waals surface area contributed by atoms with Crippen molar-refractivity contribution in [3.8, 4) is 0 Å². The summed E-state index contributed by atoms with van der Waals surface area (Å²) in [6.45, 7) is 2.10. The topological polar surface area (TPSA) is 24.4 Å². The molecule has 3 aliphatic rings. The Labute approximate surface area is 73.5 Å². The second kappa shape index (κ2) is 2.48. The summed E-state index contributed by atoms with van der Waals surface area (Å²) in [5.41, 5.74) is 0. The lowest BCUT2D eigenvalue weighted by molar-refractivity contribution is 0.410. The molecule has 2 nitrogen and oxygen atoms in total. The van der Waals surface area contributed by atoms with Crippen LogP contribution in [-0.4, -0.2) is 18.9 Å². The molecule has 2 bridgehead atoms. The number of nitrogens with one attached hydrogen (secondary N) is 1. The summed E-state index contributed by atoms with van der Waals surface area (Å²) in [5, 5.41) is 3.43. The van der Waals surface area contributed by atoms with Crippen LogP contribution in [0.1, 0.15) is 25.7 Å². The van der Waals surface area contributed by atoms with Gasteiger partial charge >= 0.3 is 0 Å². The van der Waals surface area contributed by atoms with Gasteiger partial charge in [0.1, 0.15) is 0 Å². The number of aliphatic imine (C=N–C) groups is 1.